The lowest BCUT2D eigenvalue weighted by Crippen LogP contribution is -2.11. The Morgan fingerprint density at radius 3 is 2.44 bits per heavy atom. The third kappa shape index (κ3) is 3.05. The molecule has 0 amide bonds. The molecule has 5 heteroatoms. The van der Waals surface area contributed by atoms with Crippen molar-refractivity contribution in [1.82, 2.24) is 0 Å². The number of hydrogen-bond acceptors (Lipinski definition) is 2. The van der Waals surface area contributed by atoms with E-state index >= 15 is 0 Å². The van der Waals surface area contributed by atoms with Gasteiger partial charge in [-0.25, -0.2) is 4.39 Å². The topological polar surface area (TPSA) is 35.2 Å². The van der Waals surface area contributed by atoms with Gasteiger partial charge in [0.1, 0.15) is 22.3 Å². The zero-order chi connectivity index (χ0) is 13.1. The second-order valence-electron chi connectivity index (χ2n) is 3.56. The zero-order valence-electron chi connectivity index (χ0n) is 9.19. The highest BCUT2D eigenvalue weighted by Gasteiger charge is 2.09. The molecule has 0 atom stereocenters. The summed E-state index contributed by atoms with van der Waals surface area (Å²) >= 11 is 8.20. The lowest BCUT2D eigenvalue weighted by Gasteiger charge is -2.10. The van der Waals surface area contributed by atoms with Crippen LogP contribution in [0.15, 0.2) is 46.9 Å². The fraction of sp³-hybridized carbons (Fsp3) is 0. The highest BCUT2D eigenvalue weighted by molar-refractivity contribution is 9.10. The third-order valence-corrected chi connectivity index (χ3v) is 3.00. The van der Waals surface area contributed by atoms with Gasteiger partial charge in [0.05, 0.1) is 5.56 Å². The van der Waals surface area contributed by atoms with Gasteiger partial charge in [-0.2, -0.15) is 0 Å². The molecular weight excluding hydrogens is 317 g/mol. The standard InChI is InChI=1S/C13H9BrFNOS/c14-8-1-4-10(5-2-8)17-12-6-3-9(15)7-11(12)13(16)18/h1-7H,(H2,16,18). The van der Waals surface area contributed by atoms with Crippen LogP contribution in [0.2, 0.25) is 0 Å². The van der Waals surface area contributed by atoms with Gasteiger partial charge in [0.25, 0.3) is 0 Å². The Morgan fingerprint density at radius 1 is 1.17 bits per heavy atom. The van der Waals surface area contributed by atoms with Crippen LogP contribution in [-0.4, -0.2) is 4.99 Å². The van der Waals surface area contributed by atoms with E-state index in [0.717, 1.165) is 4.47 Å². The molecule has 0 radical (unpaired) electrons. The van der Waals surface area contributed by atoms with Crippen molar-refractivity contribution < 1.29 is 9.13 Å². The molecule has 0 aliphatic carbocycles. The van der Waals surface area contributed by atoms with Crippen LogP contribution < -0.4 is 10.5 Å². The van der Waals surface area contributed by atoms with Crippen LogP contribution in [0.4, 0.5) is 4.39 Å². The lowest BCUT2D eigenvalue weighted by atomic mass is 10.2. The molecule has 18 heavy (non-hydrogen) atoms. The van der Waals surface area contributed by atoms with Crippen LogP contribution in [0.1, 0.15) is 5.56 Å². The summed E-state index contributed by atoms with van der Waals surface area (Å²) in [5.74, 6) is 0.662. The summed E-state index contributed by atoms with van der Waals surface area (Å²) in [6.45, 7) is 0. The molecular formula is C13H9BrFNOS. The lowest BCUT2D eigenvalue weighted by molar-refractivity contribution is 0.479. The van der Waals surface area contributed by atoms with Crippen LogP contribution in [0.5, 0.6) is 11.5 Å². The van der Waals surface area contributed by atoms with Gasteiger partial charge in [-0.15, -0.1) is 0 Å². The molecule has 0 bridgehead atoms. The average molecular weight is 326 g/mol. The van der Waals surface area contributed by atoms with E-state index in [4.69, 9.17) is 22.7 Å². The molecule has 2 N–H and O–H groups in total. The van der Waals surface area contributed by atoms with Gasteiger partial charge in [-0.05, 0) is 42.5 Å². The molecule has 0 saturated carbocycles. The quantitative estimate of drug-likeness (QED) is 0.866. The van der Waals surface area contributed by atoms with E-state index in [1.54, 1.807) is 12.1 Å². The predicted molar refractivity (Wildman–Crippen MR) is 76.5 cm³/mol. The Morgan fingerprint density at radius 2 is 1.83 bits per heavy atom. The first-order chi connectivity index (χ1) is 8.56. The van der Waals surface area contributed by atoms with E-state index < -0.39 is 5.82 Å². The molecule has 0 aliphatic rings. The molecule has 0 unspecified atom stereocenters. The largest absolute Gasteiger partial charge is 0.457 e. The van der Waals surface area contributed by atoms with E-state index in [1.165, 1.54) is 18.2 Å². The van der Waals surface area contributed by atoms with Crippen LogP contribution in [0.3, 0.4) is 0 Å². The normalized spacial score (nSPS) is 10.1. The highest BCUT2D eigenvalue weighted by atomic mass is 79.9. The fourth-order valence-corrected chi connectivity index (χ4v) is 1.84. The molecule has 0 saturated heterocycles. The number of nitrogens with two attached hydrogens (primary N) is 1. The summed E-state index contributed by atoms with van der Waals surface area (Å²) in [5, 5.41) is 0. The maximum Gasteiger partial charge on any atom is 0.137 e. The van der Waals surface area contributed by atoms with E-state index in [-0.39, 0.29) is 4.99 Å². The summed E-state index contributed by atoms with van der Waals surface area (Å²) in [6, 6.07) is 11.3. The highest BCUT2D eigenvalue weighted by Crippen LogP contribution is 2.27. The zero-order valence-corrected chi connectivity index (χ0v) is 11.6. The van der Waals surface area contributed by atoms with Crippen molar-refractivity contribution in [3.63, 3.8) is 0 Å². The van der Waals surface area contributed by atoms with Gasteiger partial charge in [0, 0.05) is 4.47 Å². The van der Waals surface area contributed by atoms with Crippen molar-refractivity contribution in [3.8, 4) is 11.5 Å². The summed E-state index contributed by atoms with van der Waals surface area (Å²) in [4.78, 5) is 0.0987. The Bertz CT molecular complexity index is 586. The third-order valence-electron chi connectivity index (χ3n) is 2.25. The monoisotopic (exact) mass is 325 g/mol. The van der Waals surface area contributed by atoms with Crippen molar-refractivity contribution in [2.75, 3.05) is 0 Å². The van der Waals surface area contributed by atoms with Crippen molar-refractivity contribution in [3.05, 3.63) is 58.3 Å². The minimum atomic E-state index is -0.402. The molecule has 0 spiro atoms. The summed E-state index contributed by atoms with van der Waals surface area (Å²) < 4.78 is 19.7. The van der Waals surface area contributed by atoms with E-state index in [9.17, 15) is 4.39 Å². The summed E-state index contributed by atoms with van der Waals surface area (Å²) in [7, 11) is 0. The second kappa shape index (κ2) is 5.46. The summed E-state index contributed by atoms with van der Waals surface area (Å²) in [5.41, 5.74) is 5.92. The average Bonchev–Trinajstić information content (AvgIpc) is 2.34. The van der Waals surface area contributed by atoms with Crippen molar-refractivity contribution in [1.29, 1.82) is 0 Å². The number of hydrogen-bond donors (Lipinski definition) is 1. The number of thiocarbonyl (C=S) groups is 1. The molecule has 0 aromatic heterocycles. The summed E-state index contributed by atoms with van der Waals surface area (Å²) in [6.07, 6.45) is 0. The Labute approximate surface area is 118 Å². The second-order valence-corrected chi connectivity index (χ2v) is 4.92. The van der Waals surface area contributed by atoms with Gasteiger partial charge >= 0.3 is 0 Å². The number of rotatable bonds is 3. The van der Waals surface area contributed by atoms with Crippen LogP contribution >= 0.6 is 28.1 Å². The molecule has 92 valence electrons. The number of halogens is 2. The maximum absolute atomic E-state index is 13.1. The van der Waals surface area contributed by atoms with E-state index in [2.05, 4.69) is 15.9 Å². The number of ether oxygens (including phenoxy) is 1. The predicted octanol–water partition coefficient (Wildman–Crippen LogP) is 4.01. The molecule has 2 rings (SSSR count). The Kier molecular flexibility index (Phi) is 3.93. The molecule has 0 aliphatic heterocycles. The van der Waals surface area contributed by atoms with Gasteiger partial charge in [0.2, 0.25) is 0 Å². The molecule has 0 heterocycles. The van der Waals surface area contributed by atoms with Gasteiger partial charge in [0.15, 0.2) is 0 Å². The van der Waals surface area contributed by atoms with Crippen molar-refractivity contribution in [2.45, 2.75) is 0 Å². The molecule has 2 aromatic rings. The Balaban J connectivity index is 2.34. The smallest absolute Gasteiger partial charge is 0.137 e. The Hall–Kier alpha value is -1.46. The van der Waals surface area contributed by atoms with E-state index in [1.807, 2.05) is 12.1 Å². The first-order valence-corrected chi connectivity index (χ1v) is 6.29. The number of benzene rings is 2. The van der Waals surface area contributed by atoms with Gasteiger partial charge in [-0.3, -0.25) is 0 Å². The van der Waals surface area contributed by atoms with Crippen LogP contribution in [0.25, 0.3) is 0 Å². The van der Waals surface area contributed by atoms with Crippen LogP contribution in [0, 0.1) is 5.82 Å². The first kappa shape index (κ1) is 13.0. The minimum Gasteiger partial charge on any atom is -0.457 e. The molecule has 2 aromatic carbocycles. The minimum absolute atomic E-state index is 0.0987. The molecule has 0 fully saturated rings. The maximum atomic E-state index is 13.1. The van der Waals surface area contributed by atoms with Crippen molar-refractivity contribution in [2.24, 2.45) is 5.73 Å². The van der Waals surface area contributed by atoms with E-state index in [0.29, 0.717) is 17.1 Å². The molecule has 2 nitrogen and oxygen atoms in total. The fourth-order valence-electron chi connectivity index (χ4n) is 1.41. The SMILES string of the molecule is NC(=S)c1cc(F)ccc1Oc1ccc(Br)cc1. The van der Waals surface area contributed by atoms with Gasteiger partial charge < -0.3 is 10.5 Å². The first-order valence-electron chi connectivity index (χ1n) is 5.09. The van der Waals surface area contributed by atoms with Gasteiger partial charge in [-0.1, -0.05) is 28.1 Å². The van der Waals surface area contributed by atoms with Crippen molar-refractivity contribution >= 4 is 33.1 Å². The van der Waals surface area contributed by atoms with Crippen LogP contribution in [-0.2, 0) is 0 Å².